The van der Waals surface area contributed by atoms with Crippen molar-refractivity contribution in [1.29, 1.82) is 0 Å². The monoisotopic (exact) mass is 407 g/mol. The molecule has 1 heterocycles. The van der Waals surface area contributed by atoms with E-state index in [9.17, 15) is 28.1 Å². The fourth-order valence-electron chi connectivity index (χ4n) is 2.41. The quantitative estimate of drug-likeness (QED) is 0.492. The Bertz CT molecular complexity index is 1060. The Kier molecular flexibility index (Phi) is 5.22. The van der Waals surface area contributed by atoms with Gasteiger partial charge >= 0.3 is 6.18 Å². The average Bonchev–Trinajstić information content (AvgIpc) is 3.17. The van der Waals surface area contributed by atoms with Gasteiger partial charge in [0.25, 0.3) is 11.6 Å². The van der Waals surface area contributed by atoms with Crippen molar-refractivity contribution in [3.8, 4) is 17.2 Å². The van der Waals surface area contributed by atoms with Crippen LogP contribution < -0.4 is 10.1 Å². The predicted molar refractivity (Wildman–Crippen MR) is 94.5 cm³/mol. The van der Waals surface area contributed by atoms with Crippen LogP contribution in [0.15, 0.2) is 53.1 Å². The van der Waals surface area contributed by atoms with Gasteiger partial charge in [-0.15, -0.1) is 0 Å². The van der Waals surface area contributed by atoms with Gasteiger partial charge in [0.2, 0.25) is 5.89 Å². The molecule has 0 aliphatic rings. The Morgan fingerprint density at radius 2 is 1.90 bits per heavy atom. The minimum absolute atomic E-state index is 0.0470. The van der Waals surface area contributed by atoms with Crippen LogP contribution >= 0.6 is 0 Å². The van der Waals surface area contributed by atoms with Crippen LogP contribution in [-0.4, -0.2) is 22.9 Å². The lowest BCUT2D eigenvalue weighted by Gasteiger charge is -2.08. The molecule has 1 aromatic heterocycles. The number of oxazole rings is 1. The van der Waals surface area contributed by atoms with Gasteiger partial charge in [-0.1, -0.05) is 0 Å². The molecule has 1 amide bonds. The number of nitrogens with zero attached hydrogens (tertiary/aromatic N) is 2. The van der Waals surface area contributed by atoms with Crippen LogP contribution in [0.1, 0.15) is 16.1 Å². The third-order valence-electron chi connectivity index (χ3n) is 3.84. The highest BCUT2D eigenvalue weighted by Gasteiger charge is 2.30. The highest BCUT2D eigenvalue weighted by molar-refractivity contribution is 6.04. The molecule has 29 heavy (non-hydrogen) atoms. The summed E-state index contributed by atoms with van der Waals surface area (Å²) in [6, 6.07) is 7.73. The molecule has 0 unspecified atom stereocenters. The van der Waals surface area contributed by atoms with Crippen molar-refractivity contribution in [3.05, 3.63) is 70.1 Å². The number of aromatic nitrogens is 1. The molecule has 11 heteroatoms. The number of halogens is 3. The average molecular weight is 407 g/mol. The zero-order valence-electron chi connectivity index (χ0n) is 14.7. The highest BCUT2D eigenvalue weighted by Crippen LogP contribution is 2.31. The number of ether oxygens (including phenoxy) is 1. The topological polar surface area (TPSA) is 108 Å². The van der Waals surface area contributed by atoms with E-state index in [1.165, 1.54) is 31.4 Å². The number of methoxy groups -OCH3 is 1. The number of carbonyl (C=O) groups is 1. The van der Waals surface area contributed by atoms with Gasteiger partial charge in [0.15, 0.2) is 5.69 Å². The number of carbonyl (C=O) groups excluding carboxylic acids is 1. The molecule has 0 atom stereocenters. The second-order valence-electron chi connectivity index (χ2n) is 5.71. The molecule has 3 aromatic rings. The molecule has 0 fully saturated rings. The maximum Gasteiger partial charge on any atom is 0.416 e. The summed E-state index contributed by atoms with van der Waals surface area (Å²) in [7, 11) is 1.33. The number of amides is 1. The molecule has 0 saturated heterocycles. The molecule has 0 aliphatic carbocycles. The molecule has 3 rings (SSSR count). The van der Waals surface area contributed by atoms with E-state index in [0.717, 1.165) is 24.5 Å². The van der Waals surface area contributed by atoms with E-state index >= 15 is 0 Å². The van der Waals surface area contributed by atoms with Crippen molar-refractivity contribution in [2.75, 3.05) is 12.4 Å². The van der Waals surface area contributed by atoms with Gasteiger partial charge in [0.1, 0.15) is 12.0 Å². The number of hydrogen-bond donors (Lipinski definition) is 1. The van der Waals surface area contributed by atoms with Crippen LogP contribution in [-0.2, 0) is 6.18 Å². The first kappa shape index (κ1) is 19.9. The summed E-state index contributed by atoms with van der Waals surface area (Å²) in [6.45, 7) is 0. The van der Waals surface area contributed by atoms with Gasteiger partial charge in [0.05, 0.1) is 23.3 Å². The largest absolute Gasteiger partial charge is 0.495 e. The molecule has 0 bridgehead atoms. The molecule has 8 nitrogen and oxygen atoms in total. The van der Waals surface area contributed by atoms with E-state index < -0.39 is 22.6 Å². The highest BCUT2D eigenvalue weighted by atomic mass is 19.4. The number of nitro benzene ring substituents is 1. The fourth-order valence-corrected chi connectivity index (χ4v) is 2.41. The maximum absolute atomic E-state index is 12.6. The zero-order valence-corrected chi connectivity index (χ0v) is 14.7. The van der Waals surface area contributed by atoms with Crippen LogP contribution in [0, 0.1) is 10.1 Å². The lowest BCUT2D eigenvalue weighted by molar-refractivity contribution is -0.384. The smallest absolute Gasteiger partial charge is 0.416 e. The molecule has 0 radical (unpaired) electrons. The first-order valence-corrected chi connectivity index (χ1v) is 7.96. The summed E-state index contributed by atoms with van der Waals surface area (Å²) in [5.41, 5.74) is -0.973. The lowest BCUT2D eigenvalue weighted by atomic mass is 10.1. The van der Waals surface area contributed by atoms with Gasteiger partial charge in [-0.2, -0.15) is 13.2 Å². The van der Waals surface area contributed by atoms with Crippen molar-refractivity contribution < 1.29 is 32.0 Å². The van der Waals surface area contributed by atoms with Crippen LogP contribution in [0.2, 0.25) is 0 Å². The van der Waals surface area contributed by atoms with E-state index in [2.05, 4.69) is 10.3 Å². The van der Waals surface area contributed by atoms with E-state index in [0.29, 0.717) is 0 Å². The minimum atomic E-state index is -4.47. The first-order chi connectivity index (χ1) is 13.7. The van der Waals surface area contributed by atoms with Crippen molar-refractivity contribution in [3.63, 3.8) is 0 Å². The minimum Gasteiger partial charge on any atom is -0.495 e. The van der Waals surface area contributed by atoms with Crippen molar-refractivity contribution in [2.24, 2.45) is 0 Å². The SMILES string of the molecule is COc1ccc([N+](=O)[O-])cc1NC(=O)c1coc(-c2ccc(C(F)(F)F)cc2)n1. The maximum atomic E-state index is 12.6. The molecule has 150 valence electrons. The van der Waals surface area contributed by atoms with Gasteiger partial charge in [-0.05, 0) is 30.3 Å². The lowest BCUT2D eigenvalue weighted by Crippen LogP contribution is -2.13. The van der Waals surface area contributed by atoms with Gasteiger partial charge in [0, 0.05) is 17.7 Å². The van der Waals surface area contributed by atoms with E-state index in [-0.39, 0.29) is 34.3 Å². The molecular weight excluding hydrogens is 395 g/mol. The van der Waals surface area contributed by atoms with Gasteiger partial charge in [-0.25, -0.2) is 4.98 Å². The number of non-ortho nitro benzene ring substituents is 1. The summed E-state index contributed by atoms with van der Waals surface area (Å²) in [4.78, 5) is 26.6. The third-order valence-corrected chi connectivity index (χ3v) is 3.84. The Hall–Kier alpha value is -3.89. The first-order valence-electron chi connectivity index (χ1n) is 7.96. The molecule has 0 saturated carbocycles. The number of benzene rings is 2. The number of anilines is 1. The Morgan fingerprint density at radius 3 is 2.48 bits per heavy atom. The van der Waals surface area contributed by atoms with Gasteiger partial charge in [-0.3, -0.25) is 14.9 Å². The molecule has 0 aliphatic heterocycles. The fraction of sp³-hybridized carbons (Fsp3) is 0.111. The molecule has 2 aromatic carbocycles. The summed E-state index contributed by atoms with van der Waals surface area (Å²) < 4.78 is 48.1. The van der Waals surface area contributed by atoms with E-state index in [1.54, 1.807) is 0 Å². The number of nitrogens with one attached hydrogen (secondary N) is 1. The summed E-state index contributed by atoms with van der Waals surface area (Å²) in [6.07, 6.45) is -3.45. The van der Waals surface area contributed by atoms with Crippen molar-refractivity contribution in [2.45, 2.75) is 6.18 Å². The predicted octanol–water partition coefficient (Wildman–Crippen LogP) is 4.53. The molecule has 0 spiro atoms. The zero-order chi connectivity index (χ0) is 21.2. The van der Waals surface area contributed by atoms with E-state index in [1.807, 2.05) is 0 Å². The van der Waals surface area contributed by atoms with Crippen molar-refractivity contribution in [1.82, 2.24) is 4.98 Å². The standard InChI is InChI=1S/C18H12F3N3O5/c1-28-15-7-6-12(24(26)27)8-13(15)22-16(25)14-9-29-17(23-14)10-2-4-11(5-3-10)18(19,20)21/h2-9H,1H3,(H,22,25). The summed E-state index contributed by atoms with van der Waals surface area (Å²) >= 11 is 0. The second-order valence-corrected chi connectivity index (χ2v) is 5.71. The van der Waals surface area contributed by atoms with Gasteiger partial charge < -0.3 is 14.5 Å². The van der Waals surface area contributed by atoms with Crippen molar-refractivity contribution >= 4 is 17.3 Å². The van der Waals surface area contributed by atoms with Crippen LogP contribution in [0.3, 0.4) is 0 Å². The normalized spacial score (nSPS) is 11.2. The van der Waals surface area contributed by atoms with Crippen LogP contribution in [0.25, 0.3) is 11.5 Å². The van der Waals surface area contributed by atoms with Crippen LogP contribution in [0.4, 0.5) is 24.5 Å². The summed E-state index contributed by atoms with van der Waals surface area (Å²) in [5, 5.41) is 13.3. The number of hydrogen-bond acceptors (Lipinski definition) is 6. The molecular formula is C18H12F3N3O5. The third kappa shape index (κ3) is 4.34. The Labute approximate surface area is 161 Å². The second kappa shape index (κ2) is 7.62. The van der Waals surface area contributed by atoms with Crippen LogP contribution in [0.5, 0.6) is 5.75 Å². The Morgan fingerprint density at radius 1 is 1.21 bits per heavy atom. The van der Waals surface area contributed by atoms with E-state index in [4.69, 9.17) is 9.15 Å². The Balaban J connectivity index is 1.81. The number of alkyl halides is 3. The molecule has 1 N–H and O–H groups in total. The number of nitro groups is 1. The summed E-state index contributed by atoms with van der Waals surface area (Å²) in [5.74, 6) is -0.615. The number of rotatable bonds is 5.